The Balaban J connectivity index is 2.54. The highest BCUT2D eigenvalue weighted by Gasteiger charge is 2.32. The lowest BCUT2D eigenvalue weighted by atomic mass is 10.1. The lowest BCUT2D eigenvalue weighted by Crippen LogP contribution is -2.51. The van der Waals surface area contributed by atoms with Crippen LogP contribution in [0.15, 0.2) is 36.4 Å². The van der Waals surface area contributed by atoms with Crippen molar-refractivity contribution in [3.8, 4) is 0 Å². The molecule has 180 valence electrons. The van der Waals surface area contributed by atoms with Gasteiger partial charge in [-0.1, -0.05) is 65.5 Å². The van der Waals surface area contributed by atoms with Crippen LogP contribution in [0.5, 0.6) is 0 Å². The van der Waals surface area contributed by atoms with Crippen LogP contribution >= 0.6 is 46.4 Å². The van der Waals surface area contributed by atoms with Gasteiger partial charge in [-0.2, -0.15) is 0 Å². The summed E-state index contributed by atoms with van der Waals surface area (Å²) < 4.78 is 26.0. The first-order valence-electron chi connectivity index (χ1n) is 9.78. The minimum Gasteiger partial charge on any atom is -0.357 e. The number of carbonyl (C=O) groups is 2. The first kappa shape index (κ1) is 27.5. The van der Waals surface area contributed by atoms with Crippen molar-refractivity contribution in [3.05, 3.63) is 62.1 Å². The van der Waals surface area contributed by atoms with E-state index in [0.717, 1.165) is 10.6 Å². The number of rotatable bonds is 9. The largest absolute Gasteiger partial charge is 0.357 e. The second-order valence-corrected chi connectivity index (χ2v) is 10.6. The lowest BCUT2D eigenvalue weighted by Gasteiger charge is -2.33. The maximum Gasteiger partial charge on any atom is 0.244 e. The van der Waals surface area contributed by atoms with E-state index in [2.05, 4.69) is 5.32 Å². The van der Waals surface area contributed by atoms with Crippen molar-refractivity contribution in [1.29, 1.82) is 0 Å². The van der Waals surface area contributed by atoms with Crippen LogP contribution < -0.4 is 9.62 Å². The summed E-state index contributed by atoms with van der Waals surface area (Å²) in [6, 6.07) is 8.44. The molecule has 2 aromatic rings. The summed E-state index contributed by atoms with van der Waals surface area (Å²) in [6.45, 7) is 1.01. The molecule has 0 aliphatic carbocycles. The minimum atomic E-state index is -3.94. The number of anilines is 1. The second-order valence-electron chi connectivity index (χ2n) is 7.10. The summed E-state index contributed by atoms with van der Waals surface area (Å²) in [5.41, 5.74) is 0.479. The summed E-state index contributed by atoms with van der Waals surface area (Å²) >= 11 is 24.9. The predicted octanol–water partition coefficient (Wildman–Crippen LogP) is 4.62. The van der Waals surface area contributed by atoms with E-state index in [0.29, 0.717) is 15.6 Å². The SMILES string of the molecule is CC[C@H](C(=O)NC)N(Cc1c(Cl)cccc1Cl)C(=O)CN(c1cccc(Cl)c1Cl)S(C)(=O)=O. The number of sulfonamides is 1. The summed E-state index contributed by atoms with van der Waals surface area (Å²) in [5.74, 6) is -1.07. The zero-order valence-corrected chi connectivity index (χ0v) is 22.0. The monoisotopic (exact) mass is 553 g/mol. The highest BCUT2D eigenvalue weighted by Crippen LogP contribution is 2.34. The topological polar surface area (TPSA) is 86.8 Å². The third kappa shape index (κ3) is 6.67. The van der Waals surface area contributed by atoms with Crippen molar-refractivity contribution in [2.75, 3.05) is 24.2 Å². The van der Waals surface area contributed by atoms with E-state index in [1.54, 1.807) is 25.1 Å². The summed E-state index contributed by atoms with van der Waals surface area (Å²) in [5, 5.41) is 3.26. The number of hydrogen-bond acceptors (Lipinski definition) is 4. The number of amides is 2. The van der Waals surface area contributed by atoms with Crippen LogP contribution in [0.2, 0.25) is 20.1 Å². The molecule has 7 nitrogen and oxygen atoms in total. The van der Waals surface area contributed by atoms with Gasteiger partial charge in [-0.05, 0) is 30.7 Å². The number of nitrogens with zero attached hydrogens (tertiary/aromatic N) is 2. The van der Waals surface area contributed by atoms with Gasteiger partial charge in [0.25, 0.3) is 0 Å². The van der Waals surface area contributed by atoms with E-state index in [1.807, 2.05) is 0 Å². The third-order valence-electron chi connectivity index (χ3n) is 4.90. The van der Waals surface area contributed by atoms with Gasteiger partial charge in [0, 0.05) is 29.2 Å². The summed E-state index contributed by atoms with van der Waals surface area (Å²) in [4.78, 5) is 27.3. The van der Waals surface area contributed by atoms with Gasteiger partial charge in [0.05, 0.1) is 22.0 Å². The fourth-order valence-electron chi connectivity index (χ4n) is 3.22. The normalized spacial score (nSPS) is 12.2. The van der Waals surface area contributed by atoms with Crippen molar-refractivity contribution >= 4 is 73.9 Å². The molecule has 0 bridgehead atoms. The minimum absolute atomic E-state index is 0.0172. The molecule has 33 heavy (non-hydrogen) atoms. The Morgan fingerprint density at radius 2 is 1.55 bits per heavy atom. The van der Waals surface area contributed by atoms with Gasteiger partial charge in [0.1, 0.15) is 12.6 Å². The number of benzene rings is 2. The van der Waals surface area contributed by atoms with E-state index >= 15 is 0 Å². The highest BCUT2D eigenvalue weighted by molar-refractivity contribution is 7.92. The maximum absolute atomic E-state index is 13.5. The number of hydrogen-bond donors (Lipinski definition) is 1. The molecule has 0 aromatic heterocycles. The zero-order valence-electron chi connectivity index (χ0n) is 18.1. The van der Waals surface area contributed by atoms with Gasteiger partial charge in [-0.3, -0.25) is 13.9 Å². The molecule has 0 saturated heterocycles. The van der Waals surface area contributed by atoms with E-state index in [9.17, 15) is 18.0 Å². The molecule has 2 amide bonds. The Bertz CT molecular complexity index is 1120. The van der Waals surface area contributed by atoms with Gasteiger partial charge in [0.2, 0.25) is 21.8 Å². The molecule has 0 radical (unpaired) electrons. The van der Waals surface area contributed by atoms with E-state index in [1.165, 1.54) is 30.1 Å². The van der Waals surface area contributed by atoms with Gasteiger partial charge in [-0.25, -0.2) is 8.42 Å². The summed E-state index contributed by atoms with van der Waals surface area (Å²) in [6.07, 6.45) is 1.22. The van der Waals surface area contributed by atoms with Gasteiger partial charge in [0.15, 0.2) is 0 Å². The van der Waals surface area contributed by atoms with Crippen LogP contribution in [-0.2, 0) is 26.2 Å². The molecule has 1 N–H and O–H groups in total. The van der Waals surface area contributed by atoms with Gasteiger partial charge >= 0.3 is 0 Å². The molecule has 0 fully saturated rings. The molecule has 1 atom stereocenters. The molecule has 0 saturated carbocycles. The van der Waals surface area contributed by atoms with Crippen molar-refractivity contribution in [1.82, 2.24) is 10.2 Å². The van der Waals surface area contributed by atoms with Crippen LogP contribution in [0, 0.1) is 0 Å². The Hall–Kier alpha value is -1.71. The molecule has 0 spiro atoms. The smallest absolute Gasteiger partial charge is 0.244 e. The van der Waals surface area contributed by atoms with E-state index in [4.69, 9.17) is 46.4 Å². The Labute approximate surface area is 213 Å². The standard InChI is InChI=1S/C21H23Cl4N3O4S/c1-4-17(21(30)26-2)27(11-13-14(22)7-5-8-15(13)23)19(29)12-28(33(3,31)32)18-10-6-9-16(24)20(18)25/h5-10,17H,4,11-12H2,1-3H3,(H,26,30)/t17-/m1/s1. The molecule has 0 aliphatic rings. The number of nitrogens with one attached hydrogen (secondary N) is 1. The molecule has 2 rings (SSSR count). The highest BCUT2D eigenvalue weighted by atomic mass is 35.5. The van der Waals surface area contributed by atoms with Crippen molar-refractivity contribution in [2.45, 2.75) is 25.9 Å². The average Bonchev–Trinajstić information content (AvgIpc) is 2.74. The average molecular weight is 555 g/mol. The van der Waals surface area contributed by atoms with Crippen LogP contribution in [0.3, 0.4) is 0 Å². The number of likely N-dealkylation sites (N-methyl/N-ethyl adjacent to an activating group) is 1. The first-order valence-corrected chi connectivity index (χ1v) is 13.1. The third-order valence-corrected chi connectivity index (χ3v) is 7.55. The maximum atomic E-state index is 13.5. The quantitative estimate of drug-likeness (QED) is 0.490. The van der Waals surface area contributed by atoms with Crippen LogP contribution in [-0.4, -0.2) is 51.0 Å². The van der Waals surface area contributed by atoms with E-state index < -0.39 is 34.4 Å². The molecular formula is C21H23Cl4N3O4S. The Morgan fingerprint density at radius 3 is 2.06 bits per heavy atom. The van der Waals surface area contributed by atoms with Crippen LogP contribution in [0.1, 0.15) is 18.9 Å². The fourth-order valence-corrected chi connectivity index (χ4v) is 5.04. The molecular weight excluding hydrogens is 532 g/mol. The molecule has 2 aromatic carbocycles. The molecule has 0 heterocycles. The number of halogens is 4. The van der Waals surface area contributed by atoms with Crippen molar-refractivity contribution in [3.63, 3.8) is 0 Å². The second kappa shape index (κ2) is 11.6. The summed E-state index contributed by atoms with van der Waals surface area (Å²) in [7, 11) is -2.49. The fraction of sp³-hybridized carbons (Fsp3) is 0.333. The Morgan fingerprint density at radius 1 is 1.00 bits per heavy atom. The predicted molar refractivity (Wildman–Crippen MR) is 134 cm³/mol. The zero-order chi connectivity index (χ0) is 24.9. The van der Waals surface area contributed by atoms with Crippen molar-refractivity contribution < 1.29 is 18.0 Å². The van der Waals surface area contributed by atoms with Crippen LogP contribution in [0.25, 0.3) is 0 Å². The first-order chi connectivity index (χ1) is 15.4. The molecule has 0 aliphatic heterocycles. The van der Waals surface area contributed by atoms with Crippen LogP contribution in [0.4, 0.5) is 5.69 Å². The lowest BCUT2D eigenvalue weighted by molar-refractivity contribution is -0.140. The van der Waals surface area contributed by atoms with Crippen molar-refractivity contribution in [2.24, 2.45) is 0 Å². The number of carbonyl (C=O) groups excluding carboxylic acids is 2. The Kier molecular flexibility index (Phi) is 9.70. The molecule has 0 unspecified atom stereocenters. The van der Waals surface area contributed by atoms with Gasteiger partial charge < -0.3 is 10.2 Å². The van der Waals surface area contributed by atoms with E-state index in [-0.39, 0.29) is 28.7 Å². The van der Waals surface area contributed by atoms with Gasteiger partial charge in [-0.15, -0.1) is 0 Å². The molecule has 12 heteroatoms.